The molecular formula is C50H30O2S. The highest BCUT2D eigenvalue weighted by molar-refractivity contribution is 7.26. The molecule has 0 radical (unpaired) electrons. The lowest BCUT2D eigenvalue weighted by atomic mass is 9.77. The maximum Gasteiger partial charge on any atom is 0.143 e. The number of para-hydroxylation sites is 1. The van der Waals surface area contributed by atoms with Gasteiger partial charge >= 0.3 is 0 Å². The Morgan fingerprint density at radius 2 is 1.06 bits per heavy atom. The highest BCUT2D eigenvalue weighted by Gasteiger charge is 2.41. The number of ether oxygens (including phenoxy) is 1. The fourth-order valence-corrected chi connectivity index (χ4v) is 10.6. The molecule has 1 aliphatic heterocycles. The summed E-state index contributed by atoms with van der Waals surface area (Å²) in [4.78, 5) is 0. The van der Waals surface area contributed by atoms with Crippen molar-refractivity contribution in [3.05, 3.63) is 187 Å². The Labute approximate surface area is 309 Å². The molecular weight excluding hydrogens is 665 g/mol. The molecule has 2 unspecified atom stereocenters. The van der Waals surface area contributed by atoms with Crippen molar-refractivity contribution in [2.75, 3.05) is 0 Å². The standard InChI is InChI=1S/C50H30O2S/c1-2-14-29(15-3-1)48-47(46-41(52-48)27-26-38-33-19-11-13-25-42(33)53-50(38)46)44-36-22-8-6-20-34(36)43(35-21-7-9-23-37(35)44)45-31-17-5-4-16-30(31)28-39-32-18-10-12-24-40(32)51-49(39)45/h1-28,47-48H. The summed E-state index contributed by atoms with van der Waals surface area (Å²) in [7, 11) is 0. The fourth-order valence-electron chi connectivity index (χ4n) is 9.28. The van der Waals surface area contributed by atoms with Crippen LogP contribution in [0, 0.1) is 0 Å². The van der Waals surface area contributed by atoms with E-state index in [1.165, 1.54) is 74.7 Å². The van der Waals surface area contributed by atoms with Gasteiger partial charge in [0.1, 0.15) is 23.0 Å². The summed E-state index contributed by atoms with van der Waals surface area (Å²) in [6.45, 7) is 0. The van der Waals surface area contributed by atoms with Crippen molar-refractivity contribution in [2.24, 2.45) is 0 Å². The summed E-state index contributed by atoms with van der Waals surface area (Å²) in [5, 5.41) is 12.1. The van der Waals surface area contributed by atoms with E-state index in [9.17, 15) is 0 Å². The van der Waals surface area contributed by atoms with E-state index in [4.69, 9.17) is 9.15 Å². The van der Waals surface area contributed by atoms with Crippen LogP contribution in [0.5, 0.6) is 5.75 Å². The van der Waals surface area contributed by atoms with Crippen molar-refractivity contribution in [3.63, 3.8) is 0 Å². The quantitative estimate of drug-likeness (QED) is 0.172. The van der Waals surface area contributed by atoms with Gasteiger partial charge in [-0.05, 0) is 73.8 Å². The van der Waals surface area contributed by atoms with E-state index < -0.39 is 0 Å². The second kappa shape index (κ2) is 11.0. The number of thiophene rings is 1. The third-order valence-electron chi connectivity index (χ3n) is 11.5. The molecule has 12 rings (SSSR count). The Morgan fingerprint density at radius 3 is 1.83 bits per heavy atom. The molecule has 0 saturated carbocycles. The van der Waals surface area contributed by atoms with Gasteiger partial charge in [-0.1, -0.05) is 140 Å². The van der Waals surface area contributed by atoms with E-state index in [-0.39, 0.29) is 12.0 Å². The second-order valence-corrected chi connectivity index (χ2v) is 15.3. The highest BCUT2D eigenvalue weighted by atomic mass is 32.1. The van der Waals surface area contributed by atoms with Crippen molar-refractivity contribution < 1.29 is 9.15 Å². The number of rotatable bonds is 3. The predicted molar refractivity (Wildman–Crippen MR) is 223 cm³/mol. The molecule has 0 bridgehead atoms. The molecule has 0 aliphatic carbocycles. The van der Waals surface area contributed by atoms with Crippen molar-refractivity contribution in [1.82, 2.24) is 0 Å². The first-order valence-corrected chi connectivity index (χ1v) is 19.1. The van der Waals surface area contributed by atoms with Crippen LogP contribution >= 0.6 is 11.3 Å². The lowest BCUT2D eigenvalue weighted by molar-refractivity contribution is 0.223. The monoisotopic (exact) mass is 694 g/mol. The Balaban J connectivity index is 1.25. The van der Waals surface area contributed by atoms with Crippen molar-refractivity contribution >= 4 is 85.8 Å². The number of benzene rings is 9. The smallest absolute Gasteiger partial charge is 0.143 e. The summed E-state index contributed by atoms with van der Waals surface area (Å²) in [5.41, 5.74) is 7.94. The van der Waals surface area contributed by atoms with Gasteiger partial charge in [0.25, 0.3) is 0 Å². The van der Waals surface area contributed by atoms with Crippen LogP contribution in [0.3, 0.4) is 0 Å². The predicted octanol–water partition coefficient (Wildman–Crippen LogP) is 14.3. The topological polar surface area (TPSA) is 22.4 Å². The Morgan fingerprint density at radius 1 is 0.434 bits per heavy atom. The van der Waals surface area contributed by atoms with E-state index in [0.717, 1.165) is 33.3 Å². The van der Waals surface area contributed by atoms with Gasteiger partial charge < -0.3 is 9.15 Å². The van der Waals surface area contributed by atoms with E-state index in [1.807, 2.05) is 11.3 Å². The molecule has 0 amide bonds. The van der Waals surface area contributed by atoms with Gasteiger partial charge in [-0.15, -0.1) is 11.3 Å². The number of furan rings is 1. The SMILES string of the molecule is c1ccc(C2Oc3ccc4c(sc5ccccc54)c3C2c2c3ccccc3c(-c3c4ccccc4cc4c3oc3ccccc34)c3ccccc23)cc1. The minimum Gasteiger partial charge on any atom is -0.484 e. The van der Waals surface area contributed by atoms with E-state index in [0.29, 0.717) is 0 Å². The first kappa shape index (κ1) is 29.2. The number of hydrogen-bond acceptors (Lipinski definition) is 3. The molecule has 2 aromatic heterocycles. The summed E-state index contributed by atoms with van der Waals surface area (Å²) in [5.74, 6) is 0.921. The molecule has 0 fully saturated rings. The first-order valence-electron chi connectivity index (χ1n) is 18.2. The van der Waals surface area contributed by atoms with Crippen molar-refractivity contribution in [3.8, 4) is 16.9 Å². The van der Waals surface area contributed by atoms with Gasteiger partial charge in [0.05, 0.1) is 5.92 Å². The average molecular weight is 695 g/mol. The van der Waals surface area contributed by atoms with Crippen molar-refractivity contribution in [1.29, 1.82) is 0 Å². The third kappa shape index (κ3) is 4.08. The minimum absolute atomic E-state index is 0.0493. The van der Waals surface area contributed by atoms with Crippen LogP contribution in [0.25, 0.3) is 85.6 Å². The van der Waals surface area contributed by atoms with Crippen LogP contribution in [0.1, 0.15) is 28.7 Å². The normalized spacial score (nSPS) is 15.7. The summed E-state index contributed by atoms with van der Waals surface area (Å²) in [6, 6.07) is 61.6. The Kier molecular flexibility index (Phi) is 6.08. The zero-order valence-electron chi connectivity index (χ0n) is 28.5. The molecule has 3 heterocycles. The van der Waals surface area contributed by atoms with Gasteiger partial charge in [-0.3, -0.25) is 0 Å². The van der Waals surface area contributed by atoms with Crippen LogP contribution in [0.4, 0.5) is 0 Å². The summed E-state index contributed by atoms with van der Waals surface area (Å²) >= 11 is 1.89. The molecule has 9 aromatic carbocycles. The minimum atomic E-state index is -0.195. The van der Waals surface area contributed by atoms with Crippen LogP contribution in [-0.2, 0) is 0 Å². The van der Waals surface area contributed by atoms with E-state index in [1.54, 1.807) is 0 Å². The van der Waals surface area contributed by atoms with Crippen LogP contribution in [0.2, 0.25) is 0 Å². The molecule has 0 N–H and O–H groups in total. The van der Waals surface area contributed by atoms with Gasteiger partial charge in [0.15, 0.2) is 0 Å². The summed E-state index contributed by atoms with van der Waals surface area (Å²) in [6.07, 6.45) is -0.195. The Bertz CT molecular complexity index is 3220. The molecule has 2 atom stereocenters. The highest BCUT2D eigenvalue weighted by Crippen LogP contribution is 2.58. The molecule has 1 aliphatic rings. The number of fused-ring (bicyclic) bond motifs is 11. The van der Waals surface area contributed by atoms with E-state index >= 15 is 0 Å². The largest absolute Gasteiger partial charge is 0.484 e. The molecule has 248 valence electrons. The van der Waals surface area contributed by atoms with Crippen LogP contribution < -0.4 is 4.74 Å². The number of hydrogen-bond donors (Lipinski definition) is 0. The fraction of sp³-hybridized carbons (Fsp3) is 0.0400. The molecule has 0 spiro atoms. The molecule has 53 heavy (non-hydrogen) atoms. The summed E-state index contributed by atoms with van der Waals surface area (Å²) < 4.78 is 16.6. The average Bonchev–Trinajstić information content (AvgIpc) is 3.91. The van der Waals surface area contributed by atoms with Crippen LogP contribution in [-0.4, -0.2) is 0 Å². The van der Waals surface area contributed by atoms with Gasteiger partial charge in [0.2, 0.25) is 0 Å². The zero-order valence-corrected chi connectivity index (χ0v) is 29.4. The molecule has 2 nitrogen and oxygen atoms in total. The lowest BCUT2D eigenvalue weighted by Gasteiger charge is -2.25. The second-order valence-electron chi connectivity index (χ2n) is 14.2. The third-order valence-corrected chi connectivity index (χ3v) is 12.7. The molecule has 11 aromatic rings. The lowest BCUT2D eigenvalue weighted by Crippen LogP contribution is -2.12. The molecule has 0 saturated heterocycles. The Hall–Kier alpha value is -6.42. The van der Waals surface area contributed by atoms with Gasteiger partial charge in [-0.2, -0.15) is 0 Å². The maximum absolute atomic E-state index is 7.12. The van der Waals surface area contributed by atoms with Gasteiger partial charge in [0, 0.05) is 47.6 Å². The molecule has 3 heteroatoms. The van der Waals surface area contributed by atoms with Gasteiger partial charge in [-0.25, -0.2) is 0 Å². The first-order chi connectivity index (χ1) is 26.3. The zero-order chi connectivity index (χ0) is 34.6. The van der Waals surface area contributed by atoms with E-state index in [2.05, 4.69) is 170 Å². The maximum atomic E-state index is 7.12. The van der Waals surface area contributed by atoms with Crippen molar-refractivity contribution in [2.45, 2.75) is 12.0 Å². The van der Waals surface area contributed by atoms with Crippen LogP contribution in [0.15, 0.2) is 174 Å².